The molecule has 1 heterocycles. The summed E-state index contributed by atoms with van der Waals surface area (Å²) in [5.74, 6) is -0.0869. The van der Waals surface area contributed by atoms with Crippen LogP contribution >= 0.6 is 11.6 Å². The third kappa shape index (κ3) is 2.48. The Labute approximate surface area is 134 Å². The molecule has 0 saturated heterocycles. The zero-order chi connectivity index (χ0) is 15.7. The lowest BCUT2D eigenvalue weighted by atomic mass is 10.1. The van der Waals surface area contributed by atoms with Crippen LogP contribution < -0.4 is 5.32 Å². The Morgan fingerprint density at radius 2 is 1.82 bits per heavy atom. The van der Waals surface area contributed by atoms with Crippen molar-refractivity contribution in [2.24, 2.45) is 7.05 Å². The van der Waals surface area contributed by atoms with Gasteiger partial charge in [0.15, 0.2) is 0 Å². The van der Waals surface area contributed by atoms with Gasteiger partial charge in [-0.15, -0.1) is 0 Å². The number of para-hydroxylation sites is 1. The second kappa shape index (κ2) is 5.85. The second-order valence-electron chi connectivity index (χ2n) is 5.32. The lowest BCUT2D eigenvalue weighted by Gasteiger charge is -2.09. The second-order valence-corrected chi connectivity index (χ2v) is 5.73. The number of carbonyl (C=O) groups excluding carboxylic acids is 1. The maximum atomic E-state index is 12.6. The van der Waals surface area contributed by atoms with Crippen molar-refractivity contribution >= 4 is 28.4 Å². The molecule has 3 aromatic rings. The van der Waals surface area contributed by atoms with E-state index in [2.05, 4.69) is 5.32 Å². The minimum atomic E-state index is -0.0869. The first-order valence-electron chi connectivity index (χ1n) is 7.15. The fourth-order valence-electron chi connectivity index (χ4n) is 2.81. The summed E-state index contributed by atoms with van der Waals surface area (Å²) in [6.45, 7) is 2.40. The van der Waals surface area contributed by atoms with Crippen molar-refractivity contribution in [1.82, 2.24) is 9.88 Å². The van der Waals surface area contributed by atoms with Gasteiger partial charge in [-0.3, -0.25) is 4.79 Å². The molecule has 4 heteroatoms. The van der Waals surface area contributed by atoms with Gasteiger partial charge in [0, 0.05) is 29.5 Å². The summed E-state index contributed by atoms with van der Waals surface area (Å²) >= 11 is 6.12. The van der Waals surface area contributed by atoms with Gasteiger partial charge in [-0.1, -0.05) is 48.0 Å². The standard InChI is InChI=1S/C18H17ClN2O/c1-12-14-8-4-6-10-16(14)21(2)17(12)18(22)20-11-13-7-3-5-9-15(13)19/h3-10H,11H2,1-2H3,(H,20,22). The van der Waals surface area contributed by atoms with Gasteiger partial charge in [0.05, 0.1) is 0 Å². The van der Waals surface area contributed by atoms with Crippen molar-refractivity contribution in [2.75, 3.05) is 0 Å². The molecule has 112 valence electrons. The van der Waals surface area contributed by atoms with Crippen LogP contribution in [0.5, 0.6) is 0 Å². The minimum absolute atomic E-state index is 0.0869. The van der Waals surface area contributed by atoms with Crippen LogP contribution in [0.2, 0.25) is 5.02 Å². The first-order chi connectivity index (χ1) is 10.6. The number of halogens is 1. The fourth-order valence-corrected chi connectivity index (χ4v) is 3.01. The highest BCUT2D eigenvalue weighted by atomic mass is 35.5. The number of nitrogens with zero attached hydrogens (tertiary/aromatic N) is 1. The van der Waals surface area contributed by atoms with Crippen molar-refractivity contribution in [3.63, 3.8) is 0 Å². The predicted molar refractivity (Wildman–Crippen MR) is 90.3 cm³/mol. The molecule has 2 aromatic carbocycles. The van der Waals surface area contributed by atoms with Crippen LogP contribution in [-0.2, 0) is 13.6 Å². The van der Waals surface area contributed by atoms with Crippen LogP contribution in [-0.4, -0.2) is 10.5 Å². The number of amides is 1. The molecule has 1 aromatic heterocycles. The molecule has 22 heavy (non-hydrogen) atoms. The summed E-state index contributed by atoms with van der Waals surface area (Å²) in [6, 6.07) is 15.6. The Morgan fingerprint density at radius 1 is 1.14 bits per heavy atom. The van der Waals surface area contributed by atoms with E-state index in [1.807, 2.05) is 67.1 Å². The Balaban J connectivity index is 1.88. The van der Waals surface area contributed by atoms with Gasteiger partial charge in [-0.05, 0) is 30.2 Å². The smallest absolute Gasteiger partial charge is 0.268 e. The quantitative estimate of drug-likeness (QED) is 0.777. The summed E-state index contributed by atoms with van der Waals surface area (Å²) < 4.78 is 1.94. The molecule has 0 aliphatic rings. The third-order valence-electron chi connectivity index (χ3n) is 3.97. The fraction of sp³-hybridized carbons (Fsp3) is 0.167. The molecule has 3 rings (SSSR count). The maximum absolute atomic E-state index is 12.6. The number of nitrogens with one attached hydrogen (secondary N) is 1. The molecule has 1 N–H and O–H groups in total. The average molecular weight is 313 g/mol. The summed E-state index contributed by atoms with van der Waals surface area (Å²) in [6.07, 6.45) is 0. The lowest BCUT2D eigenvalue weighted by molar-refractivity contribution is 0.0942. The number of aromatic nitrogens is 1. The van der Waals surface area contributed by atoms with E-state index in [1.165, 1.54) is 0 Å². The third-order valence-corrected chi connectivity index (χ3v) is 4.34. The number of hydrogen-bond donors (Lipinski definition) is 1. The van der Waals surface area contributed by atoms with Crippen LogP contribution in [0.1, 0.15) is 21.6 Å². The zero-order valence-electron chi connectivity index (χ0n) is 12.6. The molecule has 0 radical (unpaired) electrons. The maximum Gasteiger partial charge on any atom is 0.268 e. The van der Waals surface area contributed by atoms with E-state index < -0.39 is 0 Å². The van der Waals surface area contributed by atoms with Crippen LogP contribution in [0.25, 0.3) is 10.9 Å². The number of hydrogen-bond acceptors (Lipinski definition) is 1. The van der Waals surface area contributed by atoms with Crippen LogP contribution in [0, 0.1) is 6.92 Å². The number of aryl methyl sites for hydroxylation is 2. The molecule has 1 amide bonds. The van der Waals surface area contributed by atoms with Crippen LogP contribution in [0.4, 0.5) is 0 Å². The average Bonchev–Trinajstić information content (AvgIpc) is 2.78. The highest BCUT2D eigenvalue weighted by molar-refractivity contribution is 6.31. The highest BCUT2D eigenvalue weighted by Gasteiger charge is 2.17. The van der Waals surface area contributed by atoms with Gasteiger partial charge in [-0.25, -0.2) is 0 Å². The summed E-state index contributed by atoms with van der Waals surface area (Å²) in [7, 11) is 1.92. The van der Waals surface area contributed by atoms with Crippen molar-refractivity contribution in [1.29, 1.82) is 0 Å². The minimum Gasteiger partial charge on any atom is -0.347 e. The van der Waals surface area contributed by atoms with E-state index in [4.69, 9.17) is 11.6 Å². The normalized spacial score (nSPS) is 10.9. The van der Waals surface area contributed by atoms with Gasteiger partial charge in [0.2, 0.25) is 0 Å². The molecule has 0 bridgehead atoms. The first kappa shape index (κ1) is 14.7. The molecule has 0 spiro atoms. The molecule has 0 fully saturated rings. The molecule has 0 aliphatic carbocycles. The summed E-state index contributed by atoms with van der Waals surface area (Å²) in [4.78, 5) is 12.6. The Hall–Kier alpha value is -2.26. The Bertz CT molecular complexity index is 812. The molecule has 0 unspecified atom stereocenters. The Morgan fingerprint density at radius 3 is 2.55 bits per heavy atom. The first-order valence-corrected chi connectivity index (χ1v) is 7.53. The highest BCUT2D eigenvalue weighted by Crippen LogP contribution is 2.24. The molecular formula is C18H17ClN2O. The molecule has 0 saturated carbocycles. The van der Waals surface area contributed by atoms with Gasteiger partial charge in [-0.2, -0.15) is 0 Å². The Kier molecular flexibility index (Phi) is 3.90. The molecule has 0 atom stereocenters. The van der Waals surface area contributed by atoms with E-state index in [1.54, 1.807) is 0 Å². The zero-order valence-corrected chi connectivity index (χ0v) is 13.3. The van der Waals surface area contributed by atoms with Crippen LogP contribution in [0.3, 0.4) is 0 Å². The predicted octanol–water partition coefficient (Wildman–Crippen LogP) is 4.07. The van der Waals surface area contributed by atoms with Gasteiger partial charge in [0.1, 0.15) is 5.69 Å². The topological polar surface area (TPSA) is 34.0 Å². The van der Waals surface area contributed by atoms with E-state index in [0.717, 1.165) is 22.0 Å². The van der Waals surface area contributed by atoms with Gasteiger partial charge >= 0.3 is 0 Å². The number of carbonyl (C=O) groups is 1. The van der Waals surface area contributed by atoms with E-state index in [9.17, 15) is 4.79 Å². The number of benzene rings is 2. The van der Waals surface area contributed by atoms with Crippen molar-refractivity contribution in [3.05, 3.63) is 70.4 Å². The van der Waals surface area contributed by atoms with Gasteiger partial charge < -0.3 is 9.88 Å². The molecular weight excluding hydrogens is 296 g/mol. The van der Waals surface area contributed by atoms with Crippen molar-refractivity contribution in [2.45, 2.75) is 13.5 Å². The van der Waals surface area contributed by atoms with Crippen LogP contribution in [0.15, 0.2) is 48.5 Å². The SMILES string of the molecule is Cc1c(C(=O)NCc2ccccc2Cl)n(C)c2ccccc12. The van der Waals surface area contributed by atoms with Gasteiger partial charge in [0.25, 0.3) is 5.91 Å². The lowest BCUT2D eigenvalue weighted by Crippen LogP contribution is -2.25. The van der Waals surface area contributed by atoms with E-state index in [-0.39, 0.29) is 5.91 Å². The van der Waals surface area contributed by atoms with Crippen molar-refractivity contribution < 1.29 is 4.79 Å². The van der Waals surface area contributed by atoms with E-state index >= 15 is 0 Å². The number of rotatable bonds is 3. The largest absolute Gasteiger partial charge is 0.347 e. The molecule has 0 aliphatic heterocycles. The van der Waals surface area contributed by atoms with Crippen molar-refractivity contribution in [3.8, 4) is 0 Å². The summed E-state index contributed by atoms with van der Waals surface area (Å²) in [5, 5.41) is 4.72. The number of fused-ring (bicyclic) bond motifs is 1. The summed E-state index contributed by atoms with van der Waals surface area (Å²) in [5.41, 5.74) is 3.65. The molecule has 3 nitrogen and oxygen atoms in total. The monoisotopic (exact) mass is 312 g/mol. The van der Waals surface area contributed by atoms with E-state index in [0.29, 0.717) is 17.3 Å².